The summed E-state index contributed by atoms with van der Waals surface area (Å²) in [4.78, 5) is 4.78. The van der Waals surface area contributed by atoms with Crippen LogP contribution >= 0.6 is 0 Å². The number of imidazole rings is 1. The second-order valence-electron chi connectivity index (χ2n) is 7.15. The molecule has 0 radical (unpaired) electrons. The van der Waals surface area contributed by atoms with Gasteiger partial charge in [-0.1, -0.05) is 30.3 Å². The zero-order valence-corrected chi connectivity index (χ0v) is 17.8. The summed E-state index contributed by atoms with van der Waals surface area (Å²) in [6.07, 6.45) is 1.90. The Hall–Kier alpha value is -3.54. The van der Waals surface area contributed by atoms with Gasteiger partial charge in [0, 0.05) is 22.4 Å². The van der Waals surface area contributed by atoms with Gasteiger partial charge < -0.3 is 14.0 Å². The molecule has 0 spiro atoms. The fourth-order valence-corrected chi connectivity index (χ4v) is 3.68. The molecule has 0 aliphatic carbocycles. The van der Waals surface area contributed by atoms with Gasteiger partial charge in [-0.05, 0) is 39.0 Å². The van der Waals surface area contributed by atoms with Crippen LogP contribution in [0.3, 0.4) is 0 Å². The van der Waals surface area contributed by atoms with Gasteiger partial charge in [0.1, 0.15) is 0 Å². The van der Waals surface area contributed by atoms with Crippen LogP contribution in [0.15, 0.2) is 54.9 Å². The minimum atomic E-state index is 0.567. The monoisotopic (exact) mass is 402 g/mol. The molecule has 0 atom stereocenters. The first-order chi connectivity index (χ1) is 14.6. The summed E-state index contributed by atoms with van der Waals surface area (Å²) in [7, 11) is 1.65. The van der Waals surface area contributed by atoms with Crippen LogP contribution in [0.2, 0.25) is 0 Å². The highest BCUT2D eigenvalue weighted by atomic mass is 16.5. The molecule has 6 nitrogen and oxygen atoms in total. The minimum Gasteiger partial charge on any atom is -0.493 e. The highest BCUT2D eigenvalue weighted by Gasteiger charge is 2.19. The average molecular weight is 402 g/mol. The third kappa shape index (κ3) is 3.68. The maximum atomic E-state index is 5.83. The number of benzene rings is 2. The van der Waals surface area contributed by atoms with Crippen LogP contribution in [-0.4, -0.2) is 33.5 Å². The number of aromatic nitrogens is 4. The van der Waals surface area contributed by atoms with Gasteiger partial charge in [0.25, 0.3) is 0 Å². The Kier molecular flexibility index (Phi) is 5.57. The van der Waals surface area contributed by atoms with Crippen LogP contribution in [0.5, 0.6) is 11.5 Å². The molecule has 1 N–H and O–H groups in total. The number of nitrogens with zero attached hydrogens (tertiary/aromatic N) is 3. The number of H-pyrrole nitrogens is 1. The molecule has 6 heteroatoms. The van der Waals surface area contributed by atoms with Crippen molar-refractivity contribution in [1.82, 2.24) is 19.7 Å². The summed E-state index contributed by atoms with van der Waals surface area (Å²) >= 11 is 0. The molecule has 0 fully saturated rings. The van der Waals surface area contributed by atoms with E-state index in [0.717, 1.165) is 45.4 Å². The van der Waals surface area contributed by atoms with Gasteiger partial charge in [-0.2, -0.15) is 5.10 Å². The molecule has 4 rings (SSSR count). The number of hydrogen-bond acceptors (Lipinski definition) is 4. The maximum absolute atomic E-state index is 5.83. The van der Waals surface area contributed by atoms with Gasteiger partial charge in [-0.15, -0.1) is 0 Å². The Balaban J connectivity index is 1.88. The highest BCUT2D eigenvalue weighted by molar-refractivity contribution is 5.80. The van der Waals surface area contributed by atoms with Crippen LogP contribution < -0.4 is 9.47 Å². The van der Waals surface area contributed by atoms with Crippen LogP contribution in [0.4, 0.5) is 0 Å². The van der Waals surface area contributed by atoms with Crippen LogP contribution in [0, 0.1) is 13.8 Å². The zero-order valence-electron chi connectivity index (χ0n) is 17.8. The van der Waals surface area contributed by atoms with Gasteiger partial charge in [0.2, 0.25) is 0 Å². The molecule has 0 aliphatic rings. The van der Waals surface area contributed by atoms with E-state index >= 15 is 0 Å². The average Bonchev–Trinajstić information content (AvgIpc) is 3.33. The van der Waals surface area contributed by atoms with E-state index in [1.807, 2.05) is 57.4 Å². The normalized spacial score (nSPS) is 10.9. The molecular formula is C24H26N4O2. The molecule has 4 aromatic rings. The standard InChI is InChI=1S/C24H26N4O2/c1-5-30-22-13-19(11-12-21(22)29-4)24-23(18-9-7-6-8-10-18)25-15-28(24)14-20-16(2)26-27-17(20)3/h6-13,15H,5,14H2,1-4H3,(H,26,27). The van der Waals surface area contributed by atoms with Crippen molar-refractivity contribution in [3.63, 3.8) is 0 Å². The Morgan fingerprint density at radius 3 is 2.47 bits per heavy atom. The lowest BCUT2D eigenvalue weighted by Crippen LogP contribution is -2.03. The number of hydrogen-bond donors (Lipinski definition) is 1. The van der Waals surface area contributed by atoms with Gasteiger partial charge >= 0.3 is 0 Å². The summed E-state index contributed by atoms with van der Waals surface area (Å²) in [5.41, 5.74) is 7.30. The van der Waals surface area contributed by atoms with Crippen molar-refractivity contribution in [3.8, 4) is 34.0 Å². The summed E-state index contributed by atoms with van der Waals surface area (Å²) in [6, 6.07) is 16.3. The number of aromatic amines is 1. The molecule has 154 valence electrons. The van der Waals surface area contributed by atoms with Crippen LogP contribution in [-0.2, 0) is 6.54 Å². The summed E-state index contributed by atoms with van der Waals surface area (Å²) < 4.78 is 13.5. The van der Waals surface area contributed by atoms with Crippen molar-refractivity contribution in [2.24, 2.45) is 0 Å². The second-order valence-corrected chi connectivity index (χ2v) is 7.15. The first-order valence-electron chi connectivity index (χ1n) is 10.0. The Labute approximate surface area is 176 Å². The Morgan fingerprint density at radius 2 is 1.80 bits per heavy atom. The third-order valence-corrected chi connectivity index (χ3v) is 5.23. The lowest BCUT2D eigenvalue weighted by Gasteiger charge is -2.14. The molecule has 0 saturated carbocycles. The molecule has 0 saturated heterocycles. The lowest BCUT2D eigenvalue weighted by atomic mass is 10.0. The molecule has 2 aromatic heterocycles. The largest absolute Gasteiger partial charge is 0.493 e. The van der Waals surface area contributed by atoms with Gasteiger partial charge in [0.15, 0.2) is 11.5 Å². The van der Waals surface area contributed by atoms with Crippen molar-refractivity contribution in [1.29, 1.82) is 0 Å². The number of rotatable bonds is 7. The highest BCUT2D eigenvalue weighted by Crippen LogP contribution is 2.37. The molecule has 0 aliphatic heterocycles. The predicted molar refractivity (Wildman–Crippen MR) is 118 cm³/mol. The van der Waals surface area contributed by atoms with Crippen molar-refractivity contribution >= 4 is 0 Å². The van der Waals surface area contributed by atoms with Crippen LogP contribution in [0.25, 0.3) is 22.5 Å². The second kappa shape index (κ2) is 8.45. The Bertz CT molecular complexity index is 1130. The topological polar surface area (TPSA) is 65.0 Å². The number of aryl methyl sites for hydroxylation is 2. The molecule has 30 heavy (non-hydrogen) atoms. The van der Waals surface area contributed by atoms with E-state index in [-0.39, 0.29) is 0 Å². The minimum absolute atomic E-state index is 0.567. The predicted octanol–water partition coefficient (Wildman–Crippen LogP) is 5.01. The van der Waals surface area contributed by atoms with Crippen molar-refractivity contribution < 1.29 is 9.47 Å². The number of nitrogens with one attached hydrogen (secondary N) is 1. The lowest BCUT2D eigenvalue weighted by molar-refractivity contribution is 0.311. The third-order valence-electron chi connectivity index (χ3n) is 5.23. The van der Waals surface area contributed by atoms with E-state index in [0.29, 0.717) is 13.2 Å². The van der Waals surface area contributed by atoms with Gasteiger partial charge in [0.05, 0.1) is 43.7 Å². The smallest absolute Gasteiger partial charge is 0.161 e. The number of methoxy groups -OCH3 is 1. The first kappa shape index (κ1) is 19.8. The van der Waals surface area contributed by atoms with E-state index in [1.165, 1.54) is 5.56 Å². The molecular weight excluding hydrogens is 376 g/mol. The van der Waals surface area contributed by atoms with Gasteiger partial charge in [-0.3, -0.25) is 5.10 Å². The number of ether oxygens (including phenoxy) is 2. The van der Waals surface area contributed by atoms with E-state index in [1.54, 1.807) is 7.11 Å². The fraction of sp³-hybridized carbons (Fsp3) is 0.250. The van der Waals surface area contributed by atoms with E-state index in [9.17, 15) is 0 Å². The molecule has 2 aromatic carbocycles. The Morgan fingerprint density at radius 1 is 1.00 bits per heavy atom. The quantitative estimate of drug-likeness (QED) is 0.472. The van der Waals surface area contributed by atoms with Crippen molar-refractivity contribution in [2.75, 3.05) is 13.7 Å². The summed E-state index contributed by atoms with van der Waals surface area (Å²) in [5.74, 6) is 1.44. The molecule has 0 unspecified atom stereocenters. The fourth-order valence-electron chi connectivity index (χ4n) is 3.68. The van der Waals surface area contributed by atoms with Crippen LogP contribution in [0.1, 0.15) is 23.9 Å². The molecule has 2 heterocycles. The zero-order chi connectivity index (χ0) is 21.1. The van der Waals surface area contributed by atoms with E-state index in [2.05, 4.69) is 33.0 Å². The van der Waals surface area contributed by atoms with Gasteiger partial charge in [-0.25, -0.2) is 4.98 Å². The summed E-state index contributed by atoms with van der Waals surface area (Å²) in [6.45, 7) is 7.28. The van der Waals surface area contributed by atoms with E-state index in [4.69, 9.17) is 14.5 Å². The molecule has 0 bridgehead atoms. The maximum Gasteiger partial charge on any atom is 0.161 e. The summed E-state index contributed by atoms with van der Waals surface area (Å²) in [5, 5.41) is 7.42. The SMILES string of the molecule is CCOc1cc(-c2c(-c3ccccc3)ncn2Cc2c(C)n[nH]c2C)ccc1OC. The van der Waals surface area contributed by atoms with Crippen molar-refractivity contribution in [2.45, 2.75) is 27.3 Å². The van der Waals surface area contributed by atoms with E-state index < -0.39 is 0 Å². The van der Waals surface area contributed by atoms with Crippen molar-refractivity contribution in [3.05, 3.63) is 71.8 Å². The molecule has 0 amide bonds. The first-order valence-corrected chi connectivity index (χ1v) is 10.0.